The predicted molar refractivity (Wildman–Crippen MR) is 91.9 cm³/mol. The summed E-state index contributed by atoms with van der Waals surface area (Å²) in [6.07, 6.45) is 1.62. The number of ether oxygens (including phenoxy) is 1. The van der Waals surface area contributed by atoms with Gasteiger partial charge in [-0.2, -0.15) is 0 Å². The fourth-order valence-electron chi connectivity index (χ4n) is 2.96. The third kappa shape index (κ3) is 2.86. The van der Waals surface area contributed by atoms with Crippen molar-refractivity contribution in [3.05, 3.63) is 39.1 Å². The molecule has 5 nitrogen and oxygen atoms in total. The van der Waals surface area contributed by atoms with Gasteiger partial charge >= 0.3 is 0 Å². The summed E-state index contributed by atoms with van der Waals surface area (Å²) >= 11 is 6.46. The highest BCUT2D eigenvalue weighted by Gasteiger charge is 2.18. The molecule has 2 aromatic rings. The zero-order chi connectivity index (χ0) is 16.6. The molecule has 6 heteroatoms. The van der Waals surface area contributed by atoms with E-state index in [-0.39, 0.29) is 16.8 Å². The molecule has 0 bridgehead atoms. The summed E-state index contributed by atoms with van der Waals surface area (Å²) in [6.45, 7) is 6.80. The molecule has 0 atom stereocenters. The number of rotatable bonds is 3. The molecule has 0 amide bonds. The van der Waals surface area contributed by atoms with Crippen LogP contribution in [-0.2, 0) is 11.3 Å². The van der Waals surface area contributed by atoms with E-state index in [1.54, 1.807) is 6.20 Å². The van der Waals surface area contributed by atoms with Gasteiger partial charge in [-0.25, -0.2) is 0 Å². The van der Waals surface area contributed by atoms with Gasteiger partial charge in [0, 0.05) is 31.2 Å². The molecule has 23 heavy (non-hydrogen) atoms. The van der Waals surface area contributed by atoms with Gasteiger partial charge in [0.2, 0.25) is 0 Å². The van der Waals surface area contributed by atoms with E-state index in [9.17, 15) is 9.59 Å². The number of pyridine rings is 1. The van der Waals surface area contributed by atoms with Crippen LogP contribution in [0.1, 0.15) is 24.2 Å². The van der Waals surface area contributed by atoms with Gasteiger partial charge in [0.15, 0.2) is 11.2 Å². The third-order valence-corrected chi connectivity index (χ3v) is 4.52. The Morgan fingerprint density at radius 1 is 1.30 bits per heavy atom. The van der Waals surface area contributed by atoms with E-state index in [4.69, 9.17) is 16.3 Å². The molecule has 1 aromatic carbocycles. The molecule has 1 aromatic heterocycles. The first-order chi connectivity index (χ1) is 11.0. The smallest absolute Gasteiger partial charge is 0.200 e. The van der Waals surface area contributed by atoms with Crippen LogP contribution in [0.25, 0.3) is 10.9 Å². The SMILES string of the molecule is CCn1cc(C(C)=O)c(=O)c2cc(N3CCOCC3)c(Cl)cc21. The van der Waals surface area contributed by atoms with Crippen LogP contribution in [0.2, 0.25) is 5.02 Å². The van der Waals surface area contributed by atoms with Gasteiger partial charge in [0.25, 0.3) is 0 Å². The lowest BCUT2D eigenvalue weighted by Crippen LogP contribution is -2.36. The normalized spacial score (nSPS) is 15.2. The van der Waals surface area contributed by atoms with Gasteiger partial charge in [-0.15, -0.1) is 0 Å². The van der Waals surface area contributed by atoms with E-state index in [1.165, 1.54) is 6.92 Å². The van der Waals surface area contributed by atoms with Crippen LogP contribution < -0.4 is 10.3 Å². The molecule has 0 aliphatic carbocycles. The molecule has 0 saturated carbocycles. The highest BCUT2D eigenvalue weighted by atomic mass is 35.5. The highest BCUT2D eigenvalue weighted by molar-refractivity contribution is 6.34. The molecule has 0 spiro atoms. The van der Waals surface area contributed by atoms with Crippen molar-refractivity contribution in [2.75, 3.05) is 31.2 Å². The number of carbonyl (C=O) groups is 1. The quantitative estimate of drug-likeness (QED) is 0.810. The van der Waals surface area contributed by atoms with Crippen LogP contribution in [0.15, 0.2) is 23.1 Å². The van der Waals surface area contributed by atoms with E-state index in [1.807, 2.05) is 23.6 Å². The Morgan fingerprint density at radius 3 is 2.61 bits per heavy atom. The molecular formula is C17H19ClN2O3. The van der Waals surface area contributed by atoms with Crippen molar-refractivity contribution in [2.45, 2.75) is 20.4 Å². The fraction of sp³-hybridized carbons (Fsp3) is 0.412. The Bertz CT molecular complexity index is 823. The number of ketones is 1. The zero-order valence-electron chi connectivity index (χ0n) is 13.3. The predicted octanol–water partition coefficient (Wildman–Crippen LogP) is 2.71. The molecule has 1 aliphatic heterocycles. The summed E-state index contributed by atoms with van der Waals surface area (Å²) < 4.78 is 7.26. The van der Waals surface area contributed by atoms with Crippen LogP contribution in [0.4, 0.5) is 5.69 Å². The van der Waals surface area contributed by atoms with E-state index in [2.05, 4.69) is 4.90 Å². The molecule has 2 heterocycles. The number of nitrogens with zero attached hydrogens (tertiary/aromatic N) is 2. The molecule has 0 radical (unpaired) electrons. The van der Waals surface area contributed by atoms with Crippen molar-refractivity contribution in [3.63, 3.8) is 0 Å². The lowest BCUT2D eigenvalue weighted by molar-refractivity contribution is 0.101. The minimum Gasteiger partial charge on any atom is -0.378 e. The summed E-state index contributed by atoms with van der Waals surface area (Å²) in [7, 11) is 0. The highest BCUT2D eigenvalue weighted by Crippen LogP contribution is 2.30. The number of hydrogen-bond acceptors (Lipinski definition) is 4. The van der Waals surface area contributed by atoms with Crippen LogP contribution in [0.5, 0.6) is 0 Å². The van der Waals surface area contributed by atoms with E-state index < -0.39 is 0 Å². The lowest BCUT2D eigenvalue weighted by atomic mass is 10.1. The maximum absolute atomic E-state index is 12.7. The second kappa shape index (κ2) is 6.34. The van der Waals surface area contributed by atoms with E-state index in [0.717, 1.165) is 24.3 Å². The number of morpholine rings is 1. The minimum atomic E-state index is -0.233. The van der Waals surface area contributed by atoms with Gasteiger partial charge in [-0.05, 0) is 26.0 Å². The molecular weight excluding hydrogens is 316 g/mol. The second-order valence-corrected chi connectivity index (χ2v) is 6.04. The summed E-state index contributed by atoms with van der Waals surface area (Å²) in [4.78, 5) is 26.5. The number of anilines is 1. The van der Waals surface area contributed by atoms with Gasteiger partial charge in [-0.3, -0.25) is 9.59 Å². The molecule has 0 N–H and O–H groups in total. The minimum absolute atomic E-state index is 0.217. The summed E-state index contributed by atoms with van der Waals surface area (Å²) in [5.74, 6) is -0.220. The fourth-order valence-corrected chi connectivity index (χ4v) is 3.24. The van der Waals surface area contributed by atoms with E-state index >= 15 is 0 Å². The Hall–Kier alpha value is -1.85. The van der Waals surface area contributed by atoms with Gasteiger partial charge in [0.1, 0.15) is 0 Å². The summed E-state index contributed by atoms with van der Waals surface area (Å²) in [5, 5.41) is 1.14. The Labute approximate surface area is 139 Å². The standard InChI is InChI=1S/C17H19ClN2O3/c1-3-19-10-13(11(2)21)17(22)12-8-16(14(18)9-15(12)19)20-4-6-23-7-5-20/h8-10H,3-7H2,1-2H3. The third-order valence-electron chi connectivity index (χ3n) is 4.22. The van der Waals surface area contributed by atoms with Gasteiger partial charge in [-0.1, -0.05) is 11.6 Å². The average Bonchev–Trinajstić information content (AvgIpc) is 2.55. The first-order valence-corrected chi connectivity index (χ1v) is 8.11. The van der Waals surface area contributed by atoms with Crippen molar-refractivity contribution < 1.29 is 9.53 Å². The van der Waals surface area contributed by atoms with Crippen molar-refractivity contribution in [3.8, 4) is 0 Å². The van der Waals surface area contributed by atoms with Crippen molar-refractivity contribution in [1.29, 1.82) is 0 Å². The molecule has 1 aliphatic rings. The van der Waals surface area contributed by atoms with Crippen molar-refractivity contribution >= 4 is 34.0 Å². The maximum Gasteiger partial charge on any atom is 0.200 e. The number of hydrogen-bond donors (Lipinski definition) is 0. The van der Waals surface area contributed by atoms with Gasteiger partial charge in [0.05, 0.1) is 35.0 Å². The summed E-state index contributed by atoms with van der Waals surface area (Å²) in [6, 6.07) is 3.63. The van der Waals surface area contributed by atoms with Crippen LogP contribution >= 0.6 is 11.6 Å². The number of carbonyl (C=O) groups excluding carboxylic acids is 1. The van der Waals surface area contributed by atoms with Gasteiger partial charge < -0.3 is 14.2 Å². The average molecular weight is 335 g/mol. The van der Waals surface area contributed by atoms with Crippen LogP contribution in [0.3, 0.4) is 0 Å². The number of Topliss-reactive ketones (excluding diaryl/α,β-unsaturated/α-hetero) is 1. The lowest BCUT2D eigenvalue weighted by Gasteiger charge is -2.30. The second-order valence-electron chi connectivity index (χ2n) is 5.63. The maximum atomic E-state index is 12.7. The van der Waals surface area contributed by atoms with Crippen molar-refractivity contribution in [2.24, 2.45) is 0 Å². The molecule has 1 fully saturated rings. The number of aromatic nitrogens is 1. The Balaban J connectivity index is 2.26. The summed E-state index contributed by atoms with van der Waals surface area (Å²) in [5.41, 5.74) is 1.56. The number of aryl methyl sites for hydroxylation is 1. The van der Waals surface area contributed by atoms with E-state index in [0.29, 0.717) is 30.2 Å². The number of halogens is 1. The first-order valence-electron chi connectivity index (χ1n) is 7.73. The number of benzene rings is 1. The molecule has 122 valence electrons. The first kappa shape index (κ1) is 16.0. The molecule has 1 saturated heterocycles. The zero-order valence-corrected chi connectivity index (χ0v) is 14.0. The van der Waals surface area contributed by atoms with Crippen LogP contribution in [0, 0.1) is 0 Å². The Morgan fingerprint density at radius 2 is 2.00 bits per heavy atom. The largest absolute Gasteiger partial charge is 0.378 e. The van der Waals surface area contributed by atoms with Crippen molar-refractivity contribution in [1.82, 2.24) is 4.57 Å². The topological polar surface area (TPSA) is 51.5 Å². The molecule has 3 rings (SSSR count). The van der Waals surface area contributed by atoms with Crippen LogP contribution in [-0.4, -0.2) is 36.7 Å². The monoisotopic (exact) mass is 334 g/mol. The Kier molecular flexibility index (Phi) is 4.41. The molecule has 0 unspecified atom stereocenters. The number of fused-ring (bicyclic) bond motifs is 1.